The Morgan fingerprint density at radius 3 is 2.78 bits per heavy atom. The Hall–Kier alpha value is -1.03. The first-order valence-electron chi connectivity index (χ1n) is 5.18. The minimum atomic E-state index is -3.58. The van der Waals surface area contributed by atoms with Gasteiger partial charge in [-0.15, -0.1) is 21.5 Å². The predicted octanol–water partition coefficient (Wildman–Crippen LogP) is 1.42. The zero-order chi connectivity index (χ0) is 13.2. The molecule has 3 N–H and O–H groups in total. The molecule has 0 aliphatic heterocycles. The summed E-state index contributed by atoms with van der Waals surface area (Å²) in [5.41, 5.74) is 6.25. The average molecular weight is 304 g/mol. The molecule has 0 aliphatic carbocycles. The highest BCUT2D eigenvalue weighted by Crippen LogP contribution is 2.24. The maximum absolute atomic E-state index is 12.0. The molecule has 0 saturated heterocycles. The molecule has 0 bridgehead atoms. The fraction of sp³-hybridized carbons (Fsp3) is 0.333. The van der Waals surface area contributed by atoms with Gasteiger partial charge in [-0.2, -0.15) is 0 Å². The summed E-state index contributed by atoms with van der Waals surface area (Å²) in [7, 11) is -3.58. The van der Waals surface area contributed by atoms with Crippen LogP contribution in [0.2, 0.25) is 0 Å². The highest BCUT2D eigenvalue weighted by atomic mass is 32.2. The van der Waals surface area contributed by atoms with Crippen LogP contribution in [0, 0.1) is 0 Å². The Morgan fingerprint density at radius 2 is 2.22 bits per heavy atom. The third-order valence-electron chi connectivity index (χ3n) is 2.12. The molecule has 2 aromatic heterocycles. The van der Waals surface area contributed by atoms with Gasteiger partial charge in [0.25, 0.3) is 10.0 Å². The summed E-state index contributed by atoms with van der Waals surface area (Å²) in [6.07, 6.45) is 0.732. The van der Waals surface area contributed by atoms with E-state index >= 15 is 0 Å². The smallest absolute Gasteiger partial charge is 0.273 e. The van der Waals surface area contributed by atoms with Crippen molar-refractivity contribution >= 4 is 37.8 Å². The molecule has 6 nitrogen and oxygen atoms in total. The number of aromatic nitrogens is 2. The summed E-state index contributed by atoms with van der Waals surface area (Å²) in [6, 6.07) is 1.56. The van der Waals surface area contributed by atoms with Gasteiger partial charge < -0.3 is 5.73 Å². The van der Waals surface area contributed by atoms with E-state index in [0.717, 1.165) is 28.3 Å². The molecule has 0 atom stereocenters. The van der Waals surface area contributed by atoms with Crippen LogP contribution in [0.15, 0.2) is 15.7 Å². The lowest BCUT2D eigenvalue weighted by molar-refractivity contribution is 0.603. The predicted molar refractivity (Wildman–Crippen MR) is 72.3 cm³/mol. The molecular formula is C9H12N4O2S3. The van der Waals surface area contributed by atoms with Crippen LogP contribution in [-0.2, 0) is 23.0 Å². The summed E-state index contributed by atoms with van der Waals surface area (Å²) < 4.78 is 26.7. The van der Waals surface area contributed by atoms with E-state index in [9.17, 15) is 8.42 Å². The zero-order valence-corrected chi connectivity index (χ0v) is 12.0. The third-order valence-corrected chi connectivity index (χ3v) is 6.06. The van der Waals surface area contributed by atoms with Gasteiger partial charge in [-0.3, -0.25) is 4.72 Å². The molecule has 0 saturated carbocycles. The number of nitrogens with two attached hydrogens (primary N) is 1. The van der Waals surface area contributed by atoms with Gasteiger partial charge in [0.15, 0.2) is 0 Å². The number of nitrogens with zero attached hydrogens (tertiary/aromatic N) is 2. The second kappa shape index (κ2) is 5.31. The summed E-state index contributed by atoms with van der Waals surface area (Å²) >= 11 is 2.37. The summed E-state index contributed by atoms with van der Waals surface area (Å²) in [6.45, 7) is 2.26. The molecule has 0 spiro atoms. The van der Waals surface area contributed by atoms with E-state index in [1.807, 2.05) is 6.92 Å². The number of hydrogen-bond acceptors (Lipinski definition) is 7. The van der Waals surface area contributed by atoms with Crippen LogP contribution in [0.5, 0.6) is 0 Å². The lowest BCUT2D eigenvalue weighted by Gasteiger charge is -2.00. The van der Waals surface area contributed by atoms with E-state index in [4.69, 9.17) is 5.73 Å². The molecule has 0 unspecified atom stereocenters. The number of aryl methyl sites for hydroxylation is 1. The first kappa shape index (κ1) is 13.4. The van der Waals surface area contributed by atoms with Crippen LogP contribution in [0.3, 0.4) is 0 Å². The van der Waals surface area contributed by atoms with Crippen molar-refractivity contribution in [3.05, 3.63) is 22.0 Å². The van der Waals surface area contributed by atoms with Crippen molar-refractivity contribution in [1.82, 2.24) is 10.2 Å². The summed E-state index contributed by atoms with van der Waals surface area (Å²) in [5.74, 6) is 0. The number of anilines is 1. The van der Waals surface area contributed by atoms with E-state index in [1.165, 1.54) is 11.3 Å². The Labute approximate surface area is 113 Å². The molecule has 0 aromatic carbocycles. The molecule has 0 amide bonds. The number of thiophene rings is 1. The second-order valence-corrected chi connectivity index (χ2v) is 7.32. The second-order valence-electron chi connectivity index (χ2n) is 3.44. The molecule has 0 fully saturated rings. The van der Waals surface area contributed by atoms with Gasteiger partial charge >= 0.3 is 0 Å². The Morgan fingerprint density at radius 1 is 1.44 bits per heavy atom. The van der Waals surface area contributed by atoms with Gasteiger partial charge in [0, 0.05) is 6.54 Å². The molecule has 98 valence electrons. The molecule has 0 radical (unpaired) electrons. The van der Waals surface area contributed by atoms with Gasteiger partial charge in [-0.25, -0.2) is 8.42 Å². The standard InChI is InChI=1S/C9H12N4O2S3/c1-2-7-11-12-9(17-7)13-18(14,15)8-3-6(4-10)5-16-8/h3,5H,2,4,10H2,1H3,(H,12,13). The van der Waals surface area contributed by atoms with Crippen LogP contribution in [-0.4, -0.2) is 18.6 Å². The van der Waals surface area contributed by atoms with E-state index in [1.54, 1.807) is 11.4 Å². The quantitative estimate of drug-likeness (QED) is 0.870. The lowest BCUT2D eigenvalue weighted by atomic mass is 10.4. The zero-order valence-electron chi connectivity index (χ0n) is 9.58. The van der Waals surface area contributed by atoms with E-state index in [0.29, 0.717) is 6.54 Å². The molecular weight excluding hydrogens is 292 g/mol. The van der Waals surface area contributed by atoms with Crippen molar-refractivity contribution in [2.45, 2.75) is 24.1 Å². The number of nitrogens with one attached hydrogen (secondary N) is 1. The maximum atomic E-state index is 12.0. The Bertz CT molecular complexity index is 632. The number of rotatable bonds is 5. The van der Waals surface area contributed by atoms with Crippen molar-refractivity contribution in [2.75, 3.05) is 4.72 Å². The fourth-order valence-electron chi connectivity index (χ4n) is 1.20. The molecule has 0 aliphatic rings. The van der Waals surface area contributed by atoms with Crippen molar-refractivity contribution < 1.29 is 8.42 Å². The lowest BCUT2D eigenvalue weighted by Crippen LogP contribution is -2.11. The monoisotopic (exact) mass is 304 g/mol. The van der Waals surface area contributed by atoms with Crippen LogP contribution < -0.4 is 10.5 Å². The van der Waals surface area contributed by atoms with Crippen LogP contribution in [0.25, 0.3) is 0 Å². The first-order valence-corrected chi connectivity index (χ1v) is 8.35. The van der Waals surface area contributed by atoms with E-state index in [2.05, 4.69) is 14.9 Å². The van der Waals surface area contributed by atoms with Crippen LogP contribution in [0.1, 0.15) is 17.5 Å². The van der Waals surface area contributed by atoms with E-state index < -0.39 is 10.0 Å². The number of hydrogen-bond donors (Lipinski definition) is 2. The highest BCUT2D eigenvalue weighted by Gasteiger charge is 2.18. The number of sulfonamides is 1. The first-order chi connectivity index (χ1) is 8.55. The minimum absolute atomic E-state index is 0.233. The fourth-order valence-corrected chi connectivity index (χ4v) is 4.34. The molecule has 18 heavy (non-hydrogen) atoms. The van der Waals surface area contributed by atoms with Crippen LogP contribution >= 0.6 is 22.7 Å². The molecule has 2 aromatic rings. The molecule has 9 heteroatoms. The molecule has 2 heterocycles. The Kier molecular flexibility index (Phi) is 3.95. The van der Waals surface area contributed by atoms with Crippen molar-refractivity contribution in [3.8, 4) is 0 Å². The normalized spacial score (nSPS) is 11.7. The van der Waals surface area contributed by atoms with Crippen molar-refractivity contribution in [2.24, 2.45) is 5.73 Å². The van der Waals surface area contributed by atoms with Crippen LogP contribution in [0.4, 0.5) is 5.13 Å². The highest BCUT2D eigenvalue weighted by molar-refractivity contribution is 7.94. The van der Waals surface area contributed by atoms with Gasteiger partial charge in [0.05, 0.1) is 0 Å². The van der Waals surface area contributed by atoms with Crippen molar-refractivity contribution in [3.63, 3.8) is 0 Å². The van der Waals surface area contributed by atoms with Gasteiger partial charge in [-0.1, -0.05) is 18.3 Å². The Balaban J connectivity index is 2.21. The SMILES string of the molecule is CCc1nnc(NS(=O)(=O)c2cc(CN)cs2)s1. The van der Waals surface area contributed by atoms with Gasteiger partial charge in [0.1, 0.15) is 9.22 Å². The largest absolute Gasteiger partial charge is 0.326 e. The van der Waals surface area contributed by atoms with Gasteiger partial charge in [0.2, 0.25) is 5.13 Å². The van der Waals surface area contributed by atoms with Crippen molar-refractivity contribution in [1.29, 1.82) is 0 Å². The average Bonchev–Trinajstić information content (AvgIpc) is 2.96. The molecule has 2 rings (SSSR count). The third kappa shape index (κ3) is 2.86. The minimum Gasteiger partial charge on any atom is -0.326 e. The van der Waals surface area contributed by atoms with E-state index in [-0.39, 0.29) is 9.34 Å². The summed E-state index contributed by atoms with van der Waals surface area (Å²) in [5, 5.41) is 10.4. The summed E-state index contributed by atoms with van der Waals surface area (Å²) in [4.78, 5) is 0. The topological polar surface area (TPSA) is 98.0 Å². The maximum Gasteiger partial charge on any atom is 0.273 e. The van der Waals surface area contributed by atoms with Gasteiger partial charge in [-0.05, 0) is 23.4 Å².